The van der Waals surface area contributed by atoms with Gasteiger partial charge in [-0.1, -0.05) is 18.2 Å². The molecule has 0 fully saturated rings. The molecule has 18 heavy (non-hydrogen) atoms. The van der Waals surface area contributed by atoms with Crippen molar-refractivity contribution < 1.29 is 0 Å². The lowest BCUT2D eigenvalue weighted by Crippen LogP contribution is -2.18. The number of hydrogen-bond donors (Lipinski definition) is 2. The summed E-state index contributed by atoms with van der Waals surface area (Å²) >= 11 is 0. The molecule has 0 radical (unpaired) electrons. The molecule has 1 aromatic heterocycles. The summed E-state index contributed by atoms with van der Waals surface area (Å²) in [5.74, 6) is 0.459. The molecule has 1 aromatic carbocycles. The molecule has 0 aliphatic heterocycles. The highest BCUT2D eigenvalue weighted by atomic mass is 16.1. The van der Waals surface area contributed by atoms with Gasteiger partial charge < -0.3 is 5.73 Å². The van der Waals surface area contributed by atoms with Gasteiger partial charge in [-0.05, 0) is 42.9 Å². The monoisotopic (exact) mass is 243 g/mol. The summed E-state index contributed by atoms with van der Waals surface area (Å²) in [6.07, 6.45) is 3.58. The molecule has 0 amide bonds. The lowest BCUT2D eigenvalue weighted by molar-refractivity contribution is 0.665. The number of nitrogens with one attached hydrogen (secondary N) is 1. The number of rotatable bonds is 2. The first-order valence-electron chi connectivity index (χ1n) is 6.30. The Hall–Kier alpha value is -1.97. The second kappa shape index (κ2) is 4.05. The maximum Gasteiger partial charge on any atom is 0.271 e. The molecule has 0 spiro atoms. The molecule has 0 saturated carbocycles. The van der Waals surface area contributed by atoms with E-state index in [1.54, 1.807) is 11.6 Å². The summed E-state index contributed by atoms with van der Waals surface area (Å²) in [5, 5.41) is 2.91. The van der Waals surface area contributed by atoms with Crippen molar-refractivity contribution in [3.05, 3.63) is 50.8 Å². The summed E-state index contributed by atoms with van der Waals surface area (Å²) < 4.78 is 1.57. The highest BCUT2D eigenvalue weighted by Crippen LogP contribution is 2.23. The standard InChI is InChI=1S/C14H17N3O/c1-9-13(15)16-17(14(9)18)8-10-5-6-11-3-2-4-12(11)7-10/h5-7,16H,2-4,8,15H2,1H3. The van der Waals surface area contributed by atoms with Gasteiger partial charge in [0.25, 0.3) is 5.56 Å². The number of aromatic amines is 1. The average molecular weight is 243 g/mol. The zero-order chi connectivity index (χ0) is 12.7. The fraction of sp³-hybridized carbons (Fsp3) is 0.357. The lowest BCUT2D eigenvalue weighted by Gasteiger charge is -2.05. The first kappa shape index (κ1) is 11.1. The Balaban J connectivity index is 1.93. The van der Waals surface area contributed by atoms with E-state index in [2.05, 4.69) is 23.3 Å². The van der Waals surface area contributed by atoms with Gasteiger partial charge in [-0.2, -0.15) is 0 Å². The van der Waals surface area contributed by atoms with Crippen molar-refractivity contribution in [1.82, 2.24) is 9.78 Å². The Morgan fingerprint density at radius 3 is 2.83 bits per heavy atom. The van der Waals surface area contributed by atoms with Gasteiger partial charge >= 0.3 is 0 Å². The minimum atomic E-state index is -0.0343. The molecular formula is C14H17N3O. The molecule has 94 valence electrons. The predicted octanol–water partition coefficient (Wildman–Crippen LogP) is 1.60. The second-order valence-electron chi connectivity index (χ2n) is 5.00. The molecular weight excluding hydrogens is 226 g/mol. The summed E-state index contributed by atoms with van der Waals surface area (Å²) in [4.78, 5) is 11.9. The maximum absolute atomic E-state index is 11.9. The fourth-order valence-corrected chi connectivity index (χ4v) is 2.62. The van der Waals surface area contributed by atoms with Crippen LogP contribution in [0.1, 0.15) is 28.7 Å². The molecule has 3 N–H and O–H groups in total. The van der Waals surface area contributed by atoms with E-state index >= 15 is 0 Å². The fourth-order valence-electron chi connectivity index (χ4n) is 2.62. The van der Waals surface area contributed by atoms with Gasteiger partial charge in [-0.25, -0.2) is 4.68 Å². The summed E-state index contributed by atoms with van der Waals surface area (Å²) in [6, 6.07) is 6.49. The number of H-pyrrole nitrogens is 1. The van der Waals surface area contributed by atoms with E-state index in [0.29, 0.717) is 17.9 Å². The molecule has 1 heterocycles. The molecule has 0 saturated heterocycles. The summed E-state index contributed by atoms with van der Waals surface area (Å²) in [6.45, 7) is 2.30. The Morgan fingerprint density at radius 2 is 2.11 bits per heavy atom. The number of aromatic nitrogens is 2. The van der Waals surface area contributed by atoms with Crippen LogP contribution >= 0.6 is 0 Å². The SMILES string of the molecule is Cc1c(N)[nH]n(Cc2ccc3c(c2)CCC3)c1=O. The first-order valence-corrected chi connectivity index (χ1v) is 6.30. The third-order valence-corrected chi connectivity index (χ3v) is 3.73. The molecule has 1 aliphatic carbocycles. The third kappa shape index (κ3) is 1.74. The quantitative estimate of drug-likeness (QED) is 0.841. The van der Waals surface area contributed by atoms with Gasteiger partial charge in [0, 0.05) is 0 Å². The van der Waals surface area contributed by atoms with Gasteiger partial charge in [0.05, 0.1) is 12.1 Å². The van der Waals surface area contributed by atoms with Crippen LogP contribution in [0.25, 0.3) is 0 Å². The lowest BCUT2D eigenvalue weighted by atomic mass is 10.1. The largest absolute Gasteiger partial charge is 0.384 e. The third-order valence-electron chi connectivity index (χ3n) is 3.73. The van der Waals surface area contributed by atoms with Crippen LogP contribution in [-0.4, -0.2) is 9.78 Å². The molecule has 0 unspecified atom stereocenters. The van der Waals surface area contributed by atoms with Crippen LogP contribution in [0.4, 0.5) is 5.82 Å². The topological polar surface area (TPSA) is 63.8 Å². The van der Waals surface area contributed by atoms with E-state index in [0.717, 1.165) is 12.0 Å². The first-order chi connectivity index (χ1) is 8.65. The van der Waals surface area contributed by atoms with Crippen LogP contribution in [0.2, 0.25) is 0 Å². The maximum atomic E-state index is 11.9. The minimum absolute atomic E-state index is 0.0343. The van der Waals surface area contributed by atoms with E-state index in [-0.39, 0.29) is 5.56 Å². The zero-order valence-electron chi connectivity index (χ0n) is 10.5. The number of nitrogens with zero attached hydrogens (tertiary/aromatic N) is 1. The predicted molar refractivity (Wildman–Crippen MR) is 71.8 cm³/mol. The van der Waals surface area contributed by atoms with Crippen molar-refractivity contribution in [3.63, 3.8) is 0 Å². The van der Waals surface area contributed by atoms with Crippen molar-refractivity contribution >= 4 is 5.82 Å². The van der Waals surface area contributed by atoms with Crippen LogP contribution in [0.15, 0.2) is 23.0 Å². The Morgan fingerprint density at radius 1 is 1.33 bits per heavy atom. The van der Waals surface area contributed by atoms with Crippen molar-refractivity contribution in [1.29, 1.82) is 0 Å². The van der Waals surface area contributed by atoms with E-state index in [1.807, 2.05) is 0 Å². The number of anilines is 1. The van der Waals surface area contributed by atoms with Crippen LogP contribution in [0.3, 0.4) is 0 Å². The molecule has 0 bridgehead atoms. The van der Waals surface area contributed by atoms with Gasteiger partial charge in [-0.15, -0.1) is 0 Å². The van der Waals surface area contributed by atoms with Gasteiger partial charge in [-0.3, -0.25) is 9.89 Å². The second-order valence-corrected chi connectivity index (χ2v) is 5.00. The summed E-state index contributed by atoms with van der Waals surface area (Å²) in [5.41, 5.74) is 10.3. The molecule has 1 aliphatic rings. The van der Waals surface area contributed by atoms with Crippen LogP contribution in [-0.2, 0) is 19.4 Å². The number of nitrogen functional groups attached to an aromatic ring is 1. The van der Waals surface area contributed by atoms with Crippen LogP contribution in [0, 0.1) is 6.92 Å². The van der Waals surface area contributed by atoms with Gasteiger partial charge in [0.15, 0.2) is 0 Å². The normalized spacial score (nSPS) is 13.8. The van der Waals surface area contributed by atoms with E-state index in [4.69, 9.17) is 5.73 Å². The Bertz CT molecular complexity index is 652. The van der Waals surface area contributed by atoms with Crippen LogP contribution < -0.4 is 11.3 Å². The summed E-state index contributed by atoms with van der Waals surface area (Å²) in [7, 11) is 0. The highest BCUT2D eigenvalue weighted by molar-refractivity contribution is 5.37. The number of hydrogen-bond acceptors (Lipinski definition) is 2. The molecule has 4 nitrogen and oxygen atoms in total. The van der Waals surface area contributed by atoms with Gasteiger partial charge in [0.1, 0.15) is 5.82 Å². The van der Waals surface area contributed by atoms with Crippen LogP contribution in [0.5, 0.6) is 0 Å². The number of aryl methyl sites for hydroxylation is 2. The van der Waals surface area contributed by atoms with E-state index in [1.165, 1.54) is 24.0 Å². The van der Waals surface area contributed by atoms with Crippen molar-refractivity contribution in [2.45, 2.75) is 32.7 Å². The smallest absolute Gasteiger partial charge is 0.271 e. The Labute approximate surface area is 105 Å². The van der Waals surface area contributed by atoms with Crippen molar-refractivity contribution in [2.24, 2.45) is 0 Å². The van der Waals surface area contributed by atoms with Crippen molar-refractivity contribution in [2.75, 3.05) is 5.73 Å². The average Bonchev–Trinajstić information content (AvgIpc) is 2.91. The number of nitrogens with two attached hydrogens (primary N) is 1. The number of benzene rings is 1. The van der Waals surface area contributed by atoms with E-state index in [9.17, 15) is 4.79 Å². The highest BCUT2D eigenvalue weighted by Gasteiger charge is 2.12. The minimum Gasteiger partial charge on any atom is -0.384 e. The molecule has 0 atom stereocenters. The van der Waals surface area contributed by atoms with E-state index < -0.39 is 0 Å². The zero-order valence-corrected chi connectivity index (χ0v) is 10.5. The number of fused-ring (bicyclic) bond motifs is 1. The Kier molecular flexibility index (Phi) is 2.51. The van der Waals surface area contributed by atoms with Crippen molar-refractivity contribution in [3.8, 4) is 0 Å². The molecule has 3 rings (SSSR count). The molecule has 2 aromatic rings. The van der Waals surface area contributed by atoms with Gasteiger partial charge in [0.2, 0.25) is 0 Å². The molecule has 4 heteroatoms.